The van der Waals surface area contributed by atoms with Crippen LogP contribution in [-0.4, -0.2) is 41.9 Å². The van der Waals surface area contributed by atoms with E-state index in [1.807, 2.05) is 11.7 Å². The van der Waals surface area contributed by atoms with Gasteiger partial charge < -0.3 is 10.2 Å². The topological polar surface area (TPSA) is 33.1 Å². The van der Waals surface area contributed by atoms with Crippen LogP contribution in [0, 0.1) is 0 Å². The van der Waals surface area contributed by atoms with Crippen LogP contribution in [0.25, 0.3) is 0 Å². The molecule has 1 aromatic rings. The molecule has 1 rings (SSSR count). The van der Waals surface area contributed by atoms with Crippen molar-refractivity contribution in [1.29, 1.82) is 0 Å². The maximum atomic E-state index is 6.39. The zero-order valence-corrected chi connectivity index (χ0v) is 12.7. The number of hydrogen-bond acceptors (Lipinski definition) is 3. The minimum absolute atomic E-state index is 0.847. The molecule has 0 spiro atoms. The number of aryl methyl sites for hydroxylation is 2. The number of aromatic nitrogens is 2. The third kappa shape index (κ3) is 3.97. The molecule has 0 aliphatic heterocycles. The summed E-state index contributed by atoms with van der Waals surface area (Å²) in [5, 5.41) is 8.55. The zero-order chi connectivity index (χ0) is 13.5. The quantitative estimate of drug-likeness (QED) is 0.737. The first-order valence-electron chi connectivity index (χ1n) is 6.71. The Bertz CT molecular complexity index is 362. The number of hydrogen-bond donors (Lipinski definition) is 1. The second-order valence-electron chi connectivity index (χ2n) is 4.57. The predicted octanol–water partition coefficient (Wildman–Crippen LogP) is 2.16. The summed E-state index contributed by atoms with van der Waals surface area (Å²) in [5.74, 6) is 0. The van der Waals surface area contributed by atoms with Gasteiger partial charge in [-0.05, 0) is 47.0 Å². The molecule has 0 amide bonds. The maximum absolute atomic E-state index is 6.39. The van der Waals surface area contributed by atoms with Gasteiger partial charge in [-0.15, -0.1) is 0 Å². The molecule has 4 nitrogen and oxygen atoms in total. The molecule has 0 saturated heterocycles. The third-order valence-corrected chi connectivity index (χ3v) is 3.52. The van der Waals surface area contributed by atoms with E-state index >= 15 is 0 Å². The highest BCUT2D eigenvalue weighted by atomic mass is 35.5. The first-order chi connectivity index (χ1) is 8.63. The minimum atomic E-state index is 0.847. The maximum Gasteiger partial charge on any atom is 0.0863 e. The van der Waals surface area contributed by atoms with Crippen molar-refractivity contribution in [3.63, 3.8) is 0 Å². The summed E-state index contributed by atoms with van der Waals surface area (Å²) in [5.41, 5.74) is 2.15. The molecule has 104 valence electrons. The Labute approximate surface area is 115 Å². The summed E-state index contributed by atoms with van der Waals surface area (Å²) in [6.45, 7) is 8.05. The molecule has 5 heteroatoms. The van der Waals surface area contributed by atoms with Gasteiger partial charge in [0, 0.05) is 13.1 Å². The fourth-order valence-electron chi connectivity index (χ4n) is 2.03. The molecule has 0 bridgehead atoms. The lowest BCUT2D eigenvalue weighted by molar-refractivity contribution is 0.310. The molecule has 1 heterocycles. The summed E-state index contributed by atoms with van der Waals surface area (Å²) < 4.78 is 2.02. The zero-order valence-electron chi connectivity index (χ0n) is 12.0. The molecule has 1 aromatic heterocycles. The van der Waals surface area contributed by atoms with Gasteiger partial charge in [0.25, 0.3) is 0 Å². The van der Waals surface area contributed by atoms with E-state index in [4.69, 9.17) is 11.6 Å². The van der Waals surface area contributed by atoms with Crippen molar-refractivity contribution in [2.24, 2.45) is 0 Å². The molecular formula is C13H25ClN4. The van der Waals surface area contributed by atoms with Crippen molar-refractivity contribution < 1.29 is 0 Å². The molecule has 0 aliphatic rings. The summed E-state index contributed by atoms with van der Waals surface area (Å²) in [6, 6.07) is 0. The van der Waals surface area contributed by atoms with Gasteiger partial charge in [-0.3, -0.25) is 4.68 Å². The van der Waals surface area contributed by atoms with Crippen LogP contribution < -0.4 is 5.32 Å². The van der Waals surface area contributed by atoms with Crippen LogP contribution in [0.1, 0.15) is 31.7 Å². The van der Waals surface area contributed by atoms with Crippen LogP contribution >= 0.6 is 11.6 Å². The summed E-state index contributed by atoms with van der Waals surface area (Å²) >= 11 is 6.39. The largest absolute Gasteiger partial charge is 0.320 e. The smallest absolute Gasteiger partial charge is 0.0863 e. The third-order valence-electron chi connectivity index (χ3n) is 3.08. The second-order valence-corrected chi connectivity index (χ2v) is 4.95. The van der Waals surface area contributed by atoms with Gasteiger partial charge in [-0.25, -0.2) is 0 Å². The molecule has 0 radical (unpaired) electrons. The van der Waals surface area contributed by atoms with E-state index in [0.29, 0.717) is 0 Å². The summed E-state index contributed by atoms with van der Waals surface area (Å²) in [6.07, 6.45) is 2.04. The van der Waals surface area contributed by atoms with Crippen LogP contribution in [0.3, 0.4) is 0 Å². The molecule has 18 heavy (non-hydrogen) atoms. The SMILES string of the molecule is CCc1nn(CC)c(CN(C)CCCNC)c1Cl. The van der Waals surface area contributed by atoms with Crippen LogP contribution in [0.5, 0.6) is 0 Å². The highest BCUT2D eigenvalue weighted by Crippen LogP contribution is 2.22. The van der Waals surface area contributed by atoms with Gasteiger partial charge in [0.05, 0.1) is 16.4 Å². The van der Waals surface area contributed by atoms with Crippen molar-refractivity contribution >= 4 is 11.6 Å². The van der Waals surface area contributed by atoms with Gasteiger partial charge in [-0.2, -0.15) is 5.10 Å². The summed E-state index contributed by atoms with van der Waals surface area (Å²) in [4.78, 5) is 2.30. The fraction of sp³-hybridized carbons (Fsp3) is 0.769. The molecule has 1 N–H and O–H groups in total. The Kier molecular flexibility index (Phi) is 6.68. The second kappa shape index (κ2) is 7.77. The lowest BCUT2D eigenvalue weighted by Crippen LogP contribution is -2.24. The van der Waals surface area contributed by atoms with Crippen molar-refractivity contribution in [3.8, 4) is 0 Å². The fourth-order valence-corrected chi connectivity index (χ4v) is 2.36. The van der Waals surface area contributed by atoms with Gasteiger partial charge >= 0.3 is 0 Å². The lowest BCUT2D eigenvalue weighted by atomic mass is 10.3. The first-order valence-corrected chi connectivity index (χ1v) is 7.08. The van der Waals surface area contributed by atoms with E-state index in [9.17, 15) is 0 Å². The lowest BCUT2D eigenvalue weighted by Gasteiger charge is -2.17. The Hall–Kier alpha value is -0.580. The highest BCUT2D eigenvalue weighted by molar-refractivity contribution is 6.31. The van der Waals surface area contributed by atoms with Crippen LogP contribution in [-0.2, 0) is 19.5 Å². The number of halogens is 1. The standard InChI is InChI=1S/C13H25ClN4/c1-5-11-13(14)12(18(6-2)16-11)10-17(4)9-7-8-15-3/h15H,5-10H2,1-4H3. The van der Waals surface area contributed by atoms with Gasteiger partial charge in [0.2, 0.25) is 0 Å². The highest BCUT2D eigenvalue weighted by Gasteiger charge is 2.15. The first kappa shape index (κ1) is 15.5. The van der Waals surface area contributed by atoms with E-state index in [0.717, 1.165) is 55.4 Å². The van der Waals surface area contributed by atoms with E-state index < -0.39 is 0 Å². The molecule has 0 aromatic carbocycles. The van der Waals surface area contributed by atoms with Gasteiger partial charge in [0.15, 0.2) is 0 Å². The van der Waals surface area contributed by atoms with Crippen molar-refractivity contribution in [2.75, 3.05) is 27.2 Å². The van der Waals surface area contributed by atoms with E-state index in [1.54, 1.807) is 0 Å². The van der Waals surface area contributed by atoms with Crippen LogP contribution in [0.2, 0.25) is 5.02 Å². The Morgan fingerprint density at radius 1 is 1.39 bits per heavy atom. The number of rotatable bonds is 8. The van der Waals surface area contributed by atoms with Gasteiger partial charge in [0.1, 0.15) is 0 Å². The average molecular weight is 273 g/mol. The van der Waals surface area contributed by atoms with E-state index in [-0.39, 0.29) is 0 Å². The van der Waals surface area contributed by atoms with Crippen molar-refractivity contribution in [1.82, 2.24) is 20.0 Å². The monoisotopic (exact) mass is 272 g/mol. The Morgan fingerprint density at radius 3 is 2.67 bits per heavy atom. The predicted molar refractivity (Wildman–Crippen MR) is 77.2 cm³/mol. The van der Waals surface area contributed by atoms with Crippen LogP contribution in [0.15, 0.2) is 0 Å². The molecule has 0 aliphatic carbocycles. The summed E-state index contributed by atoms with van der Waals surface area (Å²) in [7, 11) is 4.11. The van der Waals surface area contributed by atoms with E-state index in [1.165, 1.54) is 0 Å². The van der Waals surface area contributed by atoms with E-state index in [2.05, 4.69) is 36.2 Å². The van der Waals surface area contributed by atoms with Crippen molar-refractivity contribution in [3.05, 3.63) is 16.4 Å². The average Bonchev–Trinajstić information content (AvgIpc) is 2.66. The Balaban J connectivity index is 2.67. The molecule has 0 atom stereocenters. The molecule has 0 fully saturated rings. The number of nitrogens with one attached hydrogen (secondary N) is 1. The molecular weight excluding hydrogens is 248 g/mol. The number of nitrogens with zero attached hydrogens (tertiary/aromatic N) is 3. The van der Waals surface area contributed by atoms with Gasteiger partial charge in [-0.1, -0.05) is 18.5 Å². The Morgan fingerprint density at radius 2 is 2.11 bits per heavy atom. The molecule has 0 unspecified atom stereocenters. The van der Waals surface area contributed by atoms with Crippen molar-refractivity contribution in [2.45, 2.75) is 39.8 Å². The minimum Gasteiger partial charge on any atom is -0.320 e. The molecule has 0 saturated carbocycles. The van der Waals surface area contributed by atoms with Crippen LogP contribution in [0.4, 0.5) is 0 Å². The normalized spacial score (nSPS) is 11.4.